The van der Waals surface area contributed by atoms with Gasteiger partial charge in [0.05, 0.1) is 13.2 Å². The summed E-state index contributed by atoms with van der Waals surface area (Å²) in [5.41, 5.74) is -0.664. The Morgan fingerprint density at radius 2 is 2.40 bits per heavy atom. The van der Waals surface area contributed by atoms with Crippen molar-refractivity contribution in [2.24, 2.45) is 17.3 Å². The van der Waals surface area contributed by atoms with Crippen LogP contribution in [0.2, 0.25) is 0 Å². The van der Waals surface area contributed by atoms with E-state index in [9.17, 15) is 9.90 Å². The van der Waals surface area contributed by atoms with Crippen molar-refractivity contribution in [2.45, 2.75) is 32.3 Å². The average Bonchev–Trinajstić information content (AvgIpc) is 2.86. The van der Waals surface area contributed by atoms with Crippen LogP contribution in [-0.4, -0.2) is 24.3 Å². The summed E-state index contributed by atoms with van der Waals surface area (Å²) in [4.78, 5) is 11.9. The molecule has 1 saturated carbocycles. The van der Waals surface area contributed by atoms with E-state index >= 15 is 0 Å². The molecule has 2 rings (SSSR count). The number of carbonyl (C=O) groups excluding carboxylic acids is 1. The van der Waals surface area contributed by atoms with Gasteiger partial charge >= 0.3 is 5.97 Å². The summed E-state index contributed by atoms with van der Waals surface area (Å²) in [7, 11) is 1.40. The van der Waals surface area contributed by atoms with Gasteiger partial charge in [0.25, 0.3) is 0 Å². The van der Waals surface area contributed by atoms with Gasteiger partial charge in [0, 0.05) is 0 Å². The second kappa shape index (κ2) is 3.63. The van der Waals surface area contributed by atoms with Crippen LogP contribution in [0.4, 0.5) is 0 Å². The Bertz CT molecular complexity index is 297. The summed E-state index contributed by atoms with van der Waals surface area (Å²) in [6.45, 7) is 1.91. The largest absolute Gasteiger partial charge is 0.468 e. The Labute approximate surface area is 90.1 Å². The molecule has 0 radical (unpaired) electrons. The van der Waals surface area contributed by atoms with Crippen LogP contribution in [0, 0.1) is 17.3 Å². The van der Waals surface area contributed by atoms with Crippen molar-refractivity contribution in [3.8, 4) is 0 Å². The maximum Gasteiger partial charge on any atom is 0.315 e. The van der Waals surface area contributed by atoms with Crippen molar-refractivity contribution >= 4 is 5.97 Å². The molecule has 3 nitrogen and oxygen atoms in total. The number of carbonyl (C=O) groups is 1. The van der Waals surface area contributed by atoms with Gasteiger partial charge in [-0.05, 0) is 31.1 Å². The van der Waals surface area contributed by atoms with Crippen molar-refractivity contribution in [3.05, 3.63) is 12.2 Å². The first-order valence-corrected chi connectivity index (χ1v) is 5.60. The summed E-state index contributed by atoms with van der Waals surface area (Å²) < 4.78 is 4.88. The highest BCUT2D eigenvalue weighted by Crippen LogP contribution is 2.55. The molecule has 15 heavy (non-hydrogen) atoms. The average molecular weight is 210 g/mol. The van der Waals surface area contributed by atoms with Crippen LogP contribution in [0.3, 0.4) is 0 Å². The Hall–Kier alpha value is -0.830. The fourth-order valence-corrected chi connectivity index (χ4v) is 3.20. The fraction of sp³-hybridized carbons (Fsp3) is 0.750. The summed E-state index contributed by atoms with van der Waals surface area (Å²) in [5.74, 6) is 0.383. The van der Waals surface area contributed by atoms with Crippen molar-refractivity contribution in [3.63, 3.8) is 0 Å². The number of fused-ring (bicyclic) bond motifs is 2. The molecule has 0 aromatic carbocycles. The van der Waals surface area contributed by atoms with Crippen molar-refractivity contribution < 1.29 is 14.6 Å². The molecule has 0 aromatic heterocycles. The van der Waals surface area contributed by atoms with E-state index < -0.39 is 11.5 Å². The summed E-state index contributed by atoms with van der Waals surface area (Å²) >= 11 is 0. The van der Waals surface area contributed by atoms with Gasteiger partial charge in [-0.15, -0.1) is 0 Å². The van der Waals surface area contributed by atoms with E-state index in [1.54, 1.807) is 0 Å². The zero-order chi connectivity index (χ0) is 11.1. The van der Waals surface area contributed by atoms with E-state index in [1.807, 2.05) is 6.92 Å². The minimum Gasteiger partial charge on any atom is -0.468 e. The number of hydrogen-bond donors (Lipinski definition) is 1. The lowest BCUT2D eigenvalue weighted by Crippen LogP contribution is -2.46. The van der Waals surface area contributed by atoms with Gasteiger partial charge in [-0.3, -0.25) is 4.79 Å². The Morgan fingerprint density at radius 3 is 2.80 bits per heavy atom. The third-order valence-corrected chi connectivity index (χ3v) is 3.98. The lowest BCUT2D eigenvalue weighted by molar-refractivity contribution is -0.163. The zero-order valence-corrected chi connectivity index (χ0v) is 9.27. The molecule has 2 aliphatic rings. The van der Waals surface area contributed by atoms with Gasteiger partial charge < -0.3 is 9.84 Å². The number of hydrogen-bond acceptors (Lipinski definition) is 3. The van der Waals surface area contributed by atoms with E-state index in [0.29, 0.717) is 12.3 Å². The van der Waals surface area contributed by atoms with Crippen LogP contribution < -0.4 is 0 Å². The van der Waals surface area contributed by atoms with E-state index in [2.05, 4.69) is 12.2 Å². The Balaban J connectivity index is 2.32. The molecule has 0 aromatic rings. The highest BCUT2D eigenvalue weighted by Gasteiger charge is 2.57. The summed E-state index contributed by atoms with van der Waals surface area (Å²) in [5, 5.41) is 10.1. The van der Waals surface area contributed by atoms with Crippen LogP contribution in [0.25, 0.3) is 0 Å². The molecule has 84 valence electrons. The summed E-state index contributed by atoms with van der Waals surface area (Å²) in [6, 6.07) is 0. The first-order valence-electron chi connectivity index (χ1n) is 5.60. The molecule has 3 heteroatoms. The molecule has 1 N–H and O–H groups in total. The molecule has 0 aliphatic heterocycles. The minimum atomic E-state index is -0.664. The van der Waals surface area contributed by atoms with Crippen LogP contribution >= 0.6 is 0 Å². The minimum absolute atomic E-state index is 0.171. The number of ether oxygens (including phenoxy) is 1. The van der Waals surface area contributed by atoms with Gasteiger partial charge in [-0.1, -0.05) is 19.1 Å². The molecule has 0 spiro atoms. The van der Waals surface area contributed by atoms with Gasteiger partial charge in [0.15, 0.2) is 0 Å². The standard InChI is InChI=1S/C12H18O3/c1-3-10(13)12(11(14)15-2)7-8-4-5-9(12)6-8/h4-5,8-10,13H,3,6-7H2,1-2H3/t8-,9+,10+,12+/m0/s1. The highest BCUT2D eigenvalue weighted by atomic mass is 16.5. The van der Waals surface area contributed by atoms with Crippen LogP contribution in [0.5, 0.6) is 0 Å². The predicted octanol–water partition coefficient (Wildman–Crippen LogP) is 1.51. The molecule has 0 heterocycles. The van der Waals surface area contributed by atoms with Gasteiger partial charge in [0.1, 0.15) is 5.41 Å². The first-order chi connectivity index (χ1) is 7.15. The number of aliphatic hydroxyl groups is 1. The normalized spacial score (nSPS) is 39.4. The van der Waals surface area contributed by atoms with Crippen LogP contribution in [0.1, 0.15) is 26.2 Å². The van der Waals surface area contributed by atoms with Crippen molar-refractivity contribution in [1.82, 2.24) is 0 Å². The molecule has 0 amide bonds. The Kier molecular flexibility index (Phi) is 2.59. The fourth-order valence-electron chi connectivity index (χ4n) is 3.20. The number of rotatable bonds is 3. The van der Waals surface area contributed by atoms with Crippen molar-refractivity contribution in [1.29, 1.82) is 0 Å². The number of allylic oxidation sites excluding steroid dienone is 2. The third kappa shape index (κ3) is 1.33. The summed E-state index contributed by atoms with van der Waals surface area (Å²) in [6.07, 6.45) is 6.00. The monoisotopic (exact) mass is 210 g/mol. The van der Waals surface area contributed by atoms with Crippen LogP contribution in [0.15, 0.2) is 12.2 Å². The second-order valence-corrected chi connectivity index (χ2v) is 4.65. The van der Waals surface area contributed by atoms with Gasteiger partial charge in [0.2, 0.25) is 0 Å². The van der Waals surface area contributed by atoms with E-state index in [0.717, 1.165) is 12.8 Å². The topological polar surface area (TPSA) is 46.5 Å². The molecule has 2 aliphatic carbocycles. The first kappa shape index (κ1) is 10.7. The maximum absolute atomic E-state index is 11.9. The van der Waals surface area contributed by atoms with Crippen molar-refractivity contribution in [2.75, 3.05) is 7.11 Å². The number of methoxy groups -OCH3 is 1. The highest BCUT2D eigenvalue weighted by molar-refractivity contribution is 5.79. The number of esters is 1. The third-order valence-electron chi connectivity index (χ3n) is 3.98. The smallest absolute Gasteiger partial charge is 0.315 e. The quantitative estimate of drug-likeness (QED) is 0.567. The van der Waals surface area contributed by atoms with Gasteiger partial charge in [-0.25, -0.2) is 0 Å². The molecule has 2 bridgehead atoms. The molecule has 1 fully saturated rings. The van der Waals surface area contributed by atoms with E-state index in [4.69, 9.17) is 4.74 Å². The molecular formula is C12H18O3. The lowest BCUT2D eigenvalue weighted by atomic mass is 9.70. The SMILES string of the molecule is CC[C@@H](O)[C@@]1(C(=O)OC)C[C@H]2C=C[C@@H]1C2. The van der Waals surface area contributed by atoms with Crippen LogP contribution in [-0.2, 0) is 9.53 Å². The molecule has 0 unspecified atom stereocenters. The molecule has 4 atom stereocenters. The maximum atomic E-state index is 11.9. The lowest BCUT2D eigenvalue weighted by Gasteiger charge is -2.36. The molecular weight excluding hydrogens is 192 g/mol. The van der Waals surface area contributed by atoms with Gasteiger partial charge in [-0.2, -0.15) is 0 Å². The number of aliphatic hydroxyl groups excluding tert-OH is 1. The Morgan fingerprint density at radius 1 is 1.67 bits per heavy atom. The predicted molar refractivity (Wildman–Crippen MR) is 56.1 cm³/mol. The van der Waals surface area contributed by atoms with E-state index in [1.165, 1.54) is 7.11 Å². The van der Waals surface area contributed by atoms with E-state index in [-0.39, 0.29) is 11.9 Å². The zero-order valence-electron chi connectivity index (χ0n) is 9.27. The second-order valence-electron chi connectivity index (χ2n) is 4.65. The molecule has 0 saturated heterocycles.